The molecule has 0 radical (unpaired) electrons. The lowest BCUT2D eigenvalue weighted by Crippen LogP contribution is -2.19. The first kappa shape index (κ1) is 19.9. The van der Waals surface area contributed by atoms with E-state index in [1.54, 1.807) is 6.20 Å². The van der Waals surface area contributed by atoms with Gasteiger partial charge in [-0.05, 0) is 72.4 Å². The Labute approximate surface area is 174 Å². The Morgan fingerprint density at radius 1 is 1.21 bits per heavy atom. The number of aryl methyl sites for hydroxylation is 2. The minimum absolute atomic E-state index is 0.476. The fourth-order valence-electron chi connectivity index (χ4n) is 5.53. The van der Waals surface area contributed by atoms with Gasteiger partial charge in [0.1, 0.15) is 0 Å². The number of aldehydes is 1. The summed E-state index contributed by atoms with van der Waals surface area (Å²) in [6, 6.07) is 8.51. The predicted molar refractivity (Wildman–Crippen MR) is 120 cm³/mol. The van der Waals surface area contributed by atoms with Crippen molar-refractivity contribution in [2.24, 2.45) is 17.6 Å². The van der Waals surface area contributed by atoms with E-state index in [-0.39, 0.29) is 0 Å². The highest BCUT2D eigenvalue weighted by molar-refractivity contribution is 5.90. The molecule has 1 heterocycles. The van der Waals surface area contributed by atoms with Crippen molar-refractivity contribution in [3.63, 3.8) is 0 Å². The van der Waals surface area contributed by atoms with Gasteiger partial charge >= 0.3 is 0 Å². The molecule has 3 nitrogen and oxygen atoms in total. The predicted octanol–water partition coefficient (Wildman–Crippen LogP) is 5.91. The summed E-state index contributed by atoms with van der Waals surface area (Å²) in [6.45, 7) is 6.82. The first-order valence-electron chi connectivity index (χ1n) is 11.1. The summed E-state index contributed by atoms with van der Waals surface area (Å²) in [5.74, 6) is 1.80. The van der Waals surface area contributed by atoms with Crippen molar-refractivity contribution in [2.45, 2.75) is 65.2 Å². The monoisotopic (exact) mass is 388 g/mol. The van der Waals surface area contributed by atoms with Crippen LogP contribution in [-0.2, 0) is 6.42 Å². The molecule has 4 rings (SSSR count). The lowest BCUT2D eigenvalue weighted by atomic mass is 9.75. The van der Waals surface area contributed by atoms with E-state index in [4.69, 9.17) is 5.73 Å². The van der Waals surface area contributed by atoms with E-state index in [0.717, 1.165) is 42.0 Å². The van der Waals surface area contributed by atoms with Crippen molar-refractivity contribution in [3.8, 4) is 0 Å². The lowest BCUT2D eigenvalue weighted by molar-refractivity contribution is 0.112. The van der Waals surface area contributed by atoms with E-state index in [0.29, 0.717) is 17.4 Å². The Kier molecular flexibility index (Phi) is 5.58. The minimum Gasteiger partial charge on any atom is -0.398 e. The highest BCUT2D eigenvalue weighted by atomic mass is 16.1. The molecule has 0 bridgehead atoms. The Hall–Kier alpha value is -2.42. The third-order valence-electron chi connectivity index (χ3n) is 7.31. The Bertz CT molecular complexity index is 936. The van der Waals surface area contributed by atoms with E-state index in [1.807, 2.05) is 12.1 Å². The van der Waals surface area contributed by atoms with E-state index in [9.17, 15) is 4.79 Å². The summed E-state index contributed by atoms with van der Waals surface area (Å²) < 4.78 is 0. The minimum atomic E-state index is 0.476. The van der Waals surface area contributed by atoms with Crippen LogP contribution >= 0.6 is 0 Å². The smallest absolute Gasteiger partial charge is 0.151 e. The molecule has 1 aromatic heterocycles. The van der Waals surface area contributed by atoms with E-state index in [2.05, 4.69) is 37.9 Å². The Morgan fingerprint density at radius 2 is 1.97 bits per heavy atom. The number of hydrogen-bond acceptors (Lipinski definition) is 3. The van der Waals surface area contributed by atoms with Crippen LogP contribution in [0.5, 0.6) is 0 Å². The number of carbonyl (C=O) groups is 1. The van der Waals surface area contributed by atoms with Crippen LogP contribution in [0.15, 0.2) is 30.5 Å². The summed E-state index contributed by atoms with van der Waals surface area (Å²) in [4.78, 5) is 15.7. The molecular formula is C26H32N2O. The molecule has 0 aliphatic heterocycles. The zero-order valence-corrected chi connectivity index (χ0v) is 17.9. The van der Waals surface area contributed by atoms with E-state index in [1.165, 1.54) is 47.9 Å². The number of nitrogens with two attached hydrogens (primary N) is 1. The SMILES string of the molecule is CCc1cc2c(cc1C)C(N)=C(c1ccc(C=O)cn1)CC(C1CCCC1)C2C. The fraction of sp³-hybridized carbons (Fsp3) is 0.462. The van der Waals surface area contributed by atoms with Crippen molar-refractivity contribution in [1.29, 1.82) is 0 Å². The van der Waals surface area contributed by atoms with Gasteiger partial charge in [-0.2, -0.15) is 0 Å². The zero-order valence-electron chi connectivity index (χ0n) is 17.9. The van der Waals surface area contributed by atoms with Gasteiger partial charge in [0.05, 0.1) is 5.69 Å². The van der Waals surface area contributed by atoms with Gasteiger partial charge in [-0.15, -0.1) is 0 Å². The van der Waals surface area contributed by atoms with Crippen molar-refractivity contribution in [2.75, 3.05) is 0 Å². The molecule has 0 saturated heterocycles. The quantitative estimate of drug-likeness (QED) is 0.663. The Morgan fingerprint density at radius 3 is 2.59 bits per heavy atom. The second-order valence-corrected chi connectivity index (χ2v) is 8.91. The van der Waals surface area contributed by atoms with Gasteiger partial charge in [0.15, 0.2) is 6.29 Å². The molecule has 3 heteroatoms. The van der Waals surface area contributed by atoms with Gasteiger partial charge in [0.2, 0.25) is 0 Å². The summed E-state index contributed by atoms with van der Waals surface area (Å²) in [6.07, 6.45) is 9.84. The molecular weight excluding hydrogens is 356 g/mol. The summed E-state index contributed by atoms with van der Waals surface area (Å²) >= 11 is 0. The topological polar surface area (TPSA) is 56.0 Å². The van der Waals surface area contributed by atoms with Crippen LogP contribution in [0.25, 0.3) is 11.3 Å². The maximum absolute atomic E-state index is 11.1. The van der Waals surface area contributed by atoms with Crippen molar-refractivity contribution in [3.05, 3.63) is 64.0 Å². The van der Waals surface area contributed by atoms with Crippen LogP contribution < -0.4 is 5.73 Å². The molecule has 2 aliphatic carbocycles. The molecule has 1 fully saturated rings. The van der Waals surface area contributed by atoms with Crippen LogP contribution in [0, 0.1) is 18.8 Å². The third kappa shape index (κ3) is 3.63. The fourth-order valence-corrected chi connectivity index (χ4v) is 5.53. The van der Waals surface area contributed by atoms with Gasteiger partial charge in [0, 0.05) is 28.6 Å². The second-order valence-electron chi connectivity index (χ2n) is 8.91. The average Bonchev–Trinajstić information content (AvgIpc) is 3.25. The first-order chi connectivity index (χ1) is 14.0. The van der Waals surface area contributed by atoms with Crippen LogP contribution in [0.3, 0.4) is 0 Å². The molecule has 2 atom stereocenters. The third-order valence-corrected chi connectivity index (χ3v) is 7.31. The van der Waals surface area contributed by atoms with Gasteiger partial charge in [-0.1, -0.05) is 45.6 Å². The first-order valence-corrected chi connectivity index (χ1v) is 11.1. The largest absolute Gasteiger partial charge is 0.398 e. The van der Waals surface area contributed by atoms with E-state index < -0.39 is 0 Å². The number of rotatable bonds is 4. The molecule has 2 aliphatic rings. The Balaban J connectivity index is 1.89. The molecule has 2 aromatic rings. The molecule has 152 valence electrons. The highest BCUT2D eigenvalue weighted by Crippen LogP contribution is 2.48. The van der Waals surface area contributed by atoms with Gasteiger partial charge in [0.25, 0.3) is 0 Å². The van der Waals surface area contributed by atoms with Crippen LogP contribution in [0.4, 0.5) is 0 Å². The van der Waals surface area contributed by atoms with Gasteiger partial charge < -0.3 is 5.73 Å². The molecule has 2 unspecified atom stereocenters. The van der Waals surface area contributed by atoms with E-state index >= 15 is 0 Å². The number of nitrogens with zero attached hydrogens (tertiary/aromatic N) is 1. The lowest BCUT2D eigenvalue weighted by Gasteiger charge is -2.30. The molecule has 0 amide bonds. The second kappa shape index (κ2) is 8.14. The van der Waals surface area contributed by atoms with Crippen molar-refractivity contribution in [1.82, 2.24) is 4.98 Å². The number of benzene rings is 1. The van der Waals surface area contributed by atoms with Crippen LogP contribution in [0.2, 0.25) is 0 Å². The maximum atomic E-state index is 11.1. The van der Waals surface area contributed by atoms with Crippen molar-refractivity contribution >= 4 is 17.6 Å². The molecule has 0 spiro atoms. The normalized spacial score (nSPS) is 22.4. The summed E-state index contributed by atoms with van der Waals surface area (Å²) in [7, 11) is 0. The number of hydrogen-bond donors (Lipinski definition) is 1. The van der Waals surface area contributed by atoms with Gasteiger partial charge in [-0.3, -0.25) is 9.78 Å². The summed E-state index contributed by atoms with van der Waals surface area (Å²) in [5.41, 5.74) is 15.7. The van der Waals surface area contributed by atoms with Gasteiger partial charge in [-0.25, -0.2) is 0 Å². The highest BCUT2D eigenvalue weighted by Gasteiger charge is 2.35. The average molecular weight is 389 g/mol. The zero-order chi connectivity index (χ0) is 20.5. The molecule has 29 heavy (non-hydrogen) atoms. The standard InChI is InChI=1S/C26H32N2O/c1-4-19-12-22-17(3)21(20-7-5-6-8-20)13-24(26(27)23(22)11-16(19)2)25-10-9-18(15-29)14-28-25/h9-12,14-15,17,20-21H,4-8,13,27H2,1-3H3. The number of pyridine rings is 1. The number of aromatic nitrogens is 1. The van der Waals surface area contributed by atoms with Crippen LogP contribution in [0.1, 0.15) is 90.2 Å². The molecule has 1 aromatic carbocycles. The molecule has 2 N–H and O–H groups in total. The molecule has 1 saturated carbocycles. The van der Waals surface area contributed by atoms with Crippen LogP contribution in [-0.4, -0.2) is 11.3 Å². The number of carbonyl (C=O) groups excluding carboxylic acids is 1. The summed E-state index contributed by atoms with van der Waals surface area (Å²) in [5, 5.41) is 0. The van der Waals surface area contributed by atoms with Crippen molar-refractivity contribution < 1.29 is 4.79 Å². The maximum Gasteiger partial charge on any atom is 0.151 e. The number of fused-ring (bicyclic) bond motifs is 1. The number of allylic oxidation sites excluding steroid dienone is 1.